The van der Waals surface area contributed by atoms with Gasteiger partial charge in [-0.2, -0.15) is 0 Å². The molecule has 0 radical (unpaired) electrons. The van der Waals surface area contributed by atoms with Crippen LogP contribution in [0.4, 0.5) is 5.69 Å². The van der Waals surface area contributed by atoms with Crippen molar-refractivity contribution in [1.29, 1.82) is 0 Å². The Morgan fingerprint density at radius 2 is 1.69 bits per heavy atom. The average molecular weight is 535 g/mol. The standard InChI is InChI=1S/C24H20Cl2N2O6S/c25-16-5-12-22(20(26)14-16)34-18-8-6-17(7-9-18)27-35(32,33)19-10-3-15(4-11-19)23(29)28-13-1-2-21(28)24(30)31/h3-12,14,21,27H,1-2,13H2,(H,30,31). The van der Waals surface area contributed by atoms with Gasteiger partial charge in [-0.1, -0.05) is 23.2 Å². The maximum Gasteiger partial charge on any atom is 0.326 e. The van der Waals surface area contributed by atoms with E-state index in [9.17, 15) is 23.1 Å². The van der Waals surface area contributed by atoms with Crippen LogP contribution in [0.1, 0.15) is 23.2 Å². The molecule has 182 valence electrons. The van der Waals surface area contributed by atoms with Crippen LogP contribution in [0.2, 0.25) is 10.0 Å². The molecule has 4 rings (SSSR count). The fourth-order valence-electron chi connectivity index (χ4n) is 3.70. The van der Waals surface area contributed by atoms with Crippen molar-refractivity contribution in [2.45, 2.75) is 23.8 Å². The fraction of sp³-hybridized carbons (Fsp3) is 0.167. The molecular formula is C24H20Cl2N2O6S. The van der Waals surface area contributed by atoms with E-state index in [1.807, 2.05) is 0 Å². The zero-order chi connectivity index (χ0) is 25.2. The molecule has 11 heteroatoms. The number of halogens is 2. The van der Waals surface area contributed by atoms with Crippen molar-refractivity contribution >= 4 is 50.8 Å². The summed E-state index contributed by atoms with van der Waals surface area (Å²) in [5.74, 6) is -0.639. The molecule has 1 unspecified atom stereocenters. The number of amides is 1. The molecule has 1 fully saturated rings. The second kappa shape index (κ2) is 10.2. The van der Waals surface area contributed by atoms with Gasteiger partial charge in [-0.05, 0) is 79.6 Å². The Bertz CT molecular complexity index is 1360. The van der Waals surface area contributed by atoms with Crippen LogP contribution < -0.4 is 9.46 Å². The van der Waals surface area contributed by atoms with Gasteiger partial charge in [0, 0.05) is 22.8 Å². The number of aliphatic carboxylic acids is 1. The van der Waals surface area contributed by atoms with Crippen LogP contribution in [0.5, 0.6) is 11.5 Å². The quantitative estimate of drug-likeness (QED) is 0.426. The molecule has 1 amide bonds. The summed E-state index contributed by atoms with van der Waals surface area (Å²) in [6.07, 6.45) is 1.00. The summed E-state index contributed by atoms with van der Waals surface area (Å²) in [5.41, 5.74) is 0.528. The van der Waals surface area contributed by atoms with Gasteiger partial charge in [0.25, 0.3) is 15.9 Å². The number of likely N-dealkylation sites (tertiary alicyclic amines) is 1. The average Bonchev–Trinajstić information content (AvgIpc) is 3.32. The van der Waals surface area contributed by atoms with E-state index < -0.39 is 27.9 Å². The van der Waals surface area contributed by atoms with E-state index in [-0.39, 0.29) is 10.5 Å². The van der Waals surface area contributed by atoms with Crippen molar-refractivity contribution in [3.05, 3.63) is 82.3 Å². The highest BCUT2D eigenvalue weighted by atomic mass is 35.5. The lowest BCUT2D eigenvalue weighted by molar-refractivity contribution is -0.141. The molecule has 3 aromatic carbocycles. The topological polar surface area (TPSA) is 113 Å². The summed E-state index contributed by atoms with van der Waals surface area (Å²) in [4.78, 5) is 25.3. The molecule has 3 aromatic rings. The highest BCUT2D eigenvalue weighted by Gasteiger charge is 2.34. The largest absolute Gasteiger partial charge is 0.480 e. The van der Waals surface area contributed by atoms with Crippen LogP contribution in [0, 0.1) is 0 Å². The third-order valence-corrected chi connectivity index (χ3v) is 7.37. The lowest BCUT2D eigenvalue weighted by atomic mass is 10.1. The van der Waals surface area contributed by atoms with Gasteiger partial charge >= 0.3 is 5.97 Å². The Morgan fingerprint density at radius 3 is 2.31 bits per heavy atom. The Morgan fingerprint density at radius 1 is 1.00 bits per heavy atom. The molecule has 1 aliphatic heterocycles. The number of nitrogens with one attached hydrogen (secondary N) is 1. The maximum absolute atomic E-state index is 12.8. The van der Waals surface area contributed by atoms with Gasteiger partial charge in [-0.15, -0.1) is 0 Å². The van der Waals surface area contributed by atoms with Crippen LogP contribution >= 0.6 is 23.2 Å². The first kappa shape index (κ1) is 24.8. The lowest BCUT2D eigenvalue weighted by Gasteiger charge is -2.21. The Kier molecular flexibility index (Phi) is 7.20. The zero-order valence-corrected chi connectivity index (χ0v) is 20.5. The monoisotopic (exact) mass is 534 g/mol. The molecule has 0 saturated carbocycles. The third-order valence-electron chi connectivity index (χ3n) is 5.44. The first-order valence-corrected chi connectivity index (χ1v) is 12.8. The van der Waals surface area contributed by atoms with E-state index in [0.717, 1.165) is 0 Å². The predicted molar refractivity (Wildman–Crippen MR) is 132 cm³/mol. The molecule has 1 saturated heterocycles. The van der Waals surface area contributed by atoms with Gasteiger partial charge in [0.1, 0.15) is 17.5 Å². The van der Waals surface area contributed by atoms with Crippen LogP contribution in [0.15, 0.2) is 71.6 Å². The SMILES string of the molecule is O=C(O)C1CCCN1C(=O)c1ccc(S(=O)(=O)Nc2ccc(Oc3ccc(Cl)cc3Cl)cc2)cc1. The first-order chi connectivity index (χ1) is 16.6. The van der Waals surface area contributed by atoms with Crippen molar-refractivity contribution in [1.82, 2.24) is 4.90 Å². The van der Waals surface area contributed by atoms with E-state index in [2.05, 4.69) is 4.72 Å². The third kappa shape index (κ3) is 5.70. The number of anilines is 1. The summed E-state index contributed by atoms with van der Waals surface area (Å²) in [6, 6.07) is 15.6. The molecule has 1 atom stereocenters. The van der Waals surface area contributed by atoms with E-state index in [4.69, 9.17) is 27.9 Å². The number of carboxylic acid groups (broad SMARTS) is 1. The Hall–Kier alpha value is -3.27. The lowest BCUT2D eigenvalue weighted by Crippen LogP contribution is -2.40. The Labute approximate surface area is 212 Å². The predicted octanol–water partition coefficient (Wildman–Crippen LogP) is 5.28. The van der Waals surface area contributed by atoms with Crippen molar-refractivity contribution in [2.75, 3.05) is 11.3 Å². The van der Waals surface area contributed by atoms with Crippen molar-refractivity contribution in [3.63, 3.8) is 0 Å². The summed E-state index contributed by atoms with van der Waals surface area (Å²) in [5, 5.41) is 10.1. The van der Waals surface area contributed by atoms with Crippen LogP contribution in [0.3, 0.4) is 0 Å². The molecule has 35 heavy (non-hydrogen) atoms. The number of carboxylic acids is 1. The summed E-state index contributed by atoms with van der Waals surface area (Å²) in [6.45, 7) is 0.349. The molecule has 0 aliphatic carbocycles. The van der Waals surface area contributed by atoms with Crippen molar-refractivity contribution in [3.8, 4) is 11.5 Å². The maximum atomic E-state index is 12.8. The first-order valence-electron chi connectivity index (χ1n) is 10.5. The molecule has 0 spiro atoms. The van der Waals surface area contributed by atoms with Crippen molar-refractivity contribution < 1.29 is 27.9 Å². The van der Waals surface area contributed by atoms with Gasteiger partial charge in [0.2, 0.25) is 0 Å². The number of nitrogens with zero attached hydrogens (tertiary/aromatic N) is 1. The fourth-order valence-corrected chi connectivity index (χ4v) is 5.20. The van der Waals surface area contributed by atoms with Crippen LogP contribution in [-0.4, -0.2) is 42.9 Å². The minimum absolute atomic E-state index is 0.0430. The second-order valence-corrected chi connectivity index (χ2v) is 10.4. The molecule has 2 N–H and O–H groups in total. The highest BCUT2D eigenvalue weighted by molar-refractivity contribution is 7.92. The van der Waals surface area contributed by atoms with Crippen LogP contribution in [0.25, 0.3) is 0 Å². The number of benzene rings is 3. The highest BCUT2D eigenvalue weighted by Crippen LogP contribution is 2.32. The number of carbonyl (C=O) groups is 2. The summed E-state index contributed by atoms with van der Waals surface area (Å²) in [7, 11) is -3.93. The van der Waals surface area contributed by atoms with E-state index in [0.29, 0.717) is 46.6 Å². The number of rotatable bonds is 7. The normalized spacial score (nSPS) is 15.6. The van der Waals surface area contributed by atoms with Crippen LogP contribution in [-0.2, 0) is 14.8 Å². The summed E-state index contributed by atoms with van der Waals surface area (Å²) < 4.78 is 33.7. The molecule has 8 nitrogen and oxygen atoms in total. The zero-order valence-electron chi connectivity index (χ0n) is 18.1. The molecule has 0 aromatic heterocycles. The number of hydrogen-bond donors (Lipinski definition) is 2. The number of carbonyl (C=O) groups excluding carboxylic acids is 1. The van der Waals surface area contributed by atoms with E-state index in [1.165, 1.54) is 41.3 Å². The Balaban J connectivity index is 1.43. The molecular weight excluding hydrogens is 515 g/mol. The second-order valence-electron chi connectivity index (χ2n) is 7.83. The molecule has 1 heterocycles. The van der Waals surface area contributed by atoms with Gasteiger partial charge < -0.3 is 14.7 Å². The number of sulfonamides is 1. The van der Waals surface area contributed by atoms with Gasteiger partial charge in [-0.25, -0.2) is 13.2 Å². The smallest absolute Gasteiger partial charge is 0.326 e. The van der Waals surface area contributed by atoms with Crippen molar-refractivity contribution in [2.24, 2.45) is 0 Å². The molecule has 0 bridgehead atoms. The van der Waals surface area contributed by atoms with E-state index in [1.54, 1.807) is 30.3 Å². The number of ether oxygens (including phenoxy) is 1. The van der Waals surface area contributed by atoms with Gasteiger partial charge in [-0.3, -0.25) is 9.52 Å². The van der Waals surface area contributed by atoms with E-state index >= 15 is 0 Å². The minimum Gasteiger partial charge on any atom is -0.480 e. The summed E-state index contributed by atoms with van der Waals surface area (Å²) >= 11 is 12.0. The number of hydrogen-bond acceptors (Lipinski definition) is 5. The molecule has 1 aliphatic rings. The minimum atomic E-state index is -3.93. The van der Waals surface area contributed by atoms with Gasteiger partial charge in [0.15, 0.2) is 0 Å². The van der Waals surface area contributed by atoms with Gasteiger partial charge in [0.05, 0.1) is 9.92 Å².